The molecule has 41 heavy (non-hydrogen) atoms. The van der Waals surface area contributed by atoms with Gasteiger partial charge in [-0.1, -0.05) is 42.5 Å². The van der Waals surface area contributed by atoms with E-state index in [1.807, 2.05) is 42.5 Å². The van der Waals surface area contributed by atoms with Gasteiger partial charge in [0.15, 0.2) is 0 Å². The number of aliphatic hydroxyl groups excluding tert-OH is 1. The molecule has 3 amide bonds. The second-order valence-electron chi connectivity index (χ2n) is 9.91. The van der Waals surface area contributed by atoms with Gasteiger partial charge in [-0.05, 0) is 50.5 Å². The molecule has 2 atom stereocenters. The Kier molecular flexibility index (Phi) is 17.6. The highest BCUT2D eigenvalue weighted by Crippen LogP contribution is 2.14. The average Bonchev–Trinajstić information content (AvgIpc) is 2.97. The lowest BCUT2D eigenvalue weighted by Crippen LogP contribution is -2.43. The number of amides is 3. The molecule has 1 aromatic rings. The predicted molar refractivity (Wildman–Crippen MR) is 153 cm³/mol. The molecule has 4 N–H and O–H groups in total. The second kappa shape index (κ2) is 21.3. The lowest BCUT2D eigenvalue weighted by molar-refractivity contribution is -0.145. The Labute approximate surface area is 242 Å². The molecule has 1 aromatic carbocycles. The SMILES string of the molecule is O=C(CC1CC=CCCCCC(=O)OCC(CCCCNC(=O)OCc2ccccc2)NC1=O)NCCOCCO. The van der Waals surface area contributed by atoms with Crippen LogP contribution in [-0.4, -0.2) is 74.5 Å². The van der Waals surface area contributed by atoms with Crippen LogP contribution < -0.4 is 16.0 Å². The number of alkyl carbamates (subject to hydrolysis) is 1. The molecule has 11 heteroatoms. The zero-order valence-electron chi connectivity index (χ0n) is 23.8. The monoisotopic (exact) mass is 575 g/mol. The van der Waals surface area contributed by atoms with Gasteiger partial charge in [0.05, 0.1) is 31.8 Å². The van der Waals surface area contributed by atoms with Gasteiger partial charge in [0.1, 0.15) is 13.2 Å². The van der Waals surface area contributed by atoms with Gasteiger partial charge in [-0.2, -0.15) is 0 Å². The molecule has 0 saturated carbocycles. The highest BCUT2D eigenvalue weighted by atomic mass is 16.5. The maximum absolute atomic E-state index is 13.2. The third-order valence-electron chi connectivity index (χ3n) is 6.45. The van der Waals surface area contributed by atoms with Gasteiger partial charge in [-0.15, -0.1) is 0 Å². The summed E-state index contributed by atoms with van der Waals surface area (Å²) in [6.07, 6.45) is 8.35. The molecule has 1 heterocycles. The number of hydrogen-bond donors (Lipinski definition) is 4. The van der Waals surface area contributed by atoms with Gasteiger partial charge in [0, 0.05) is 25.9 Å². The number of esters is 1. The topological polar surface area (TPSA) is 152 Å². The quantitative estimate of drug-likeness (QED) is 0.150. The van der Waals surface area contributed by atoms with Crippen LogP contribution in [0.1, 0.15) is 63.4 Å². The van der Waals surface area contributed by atoms with Crippen molar-refractivity contribution in [2.45, 2.75) is 70.4 Å². The van der Waals surface area contributed by atoms with E-state index in [0.29, 0.717) is 38.6 Å². The molecule has 0 aromatic heterocycles. The molecular formula is C30H45N3O8. The van der Waals surface area contributed by atoms with Crippen LogP contribution in [0.3, 0.4) is 0 Å². The number of carbonyl (C=O) groups is 4. The van der Waals surface area contributed by atoms with Crippen LogP contribution in [0.2, 0.25) is 0 Å². The number of carbonyl (C=O) groups excluding carboxylic acids is 4. The summed E-state index contributed by atoms with van der Waals surface area (Å²) in [7, 11) is 0. The molecule has 0 saturated heterocycles. The van der Waals surface area contributed by atoms with E-state index in [4.69, 9.17) is 19.3 Å². The summed E-state index contributed by atoms with van der Waals surface area (Å²) in [6, 6.07) is 8.99. The zero-order valence-corrected chi connectivity index (χ0v) is 23.8. The highest BCUT2D eigenvalue weighted by molar-refractivity contribution is 5.86. The van der Waals surface area contributed by atoms with Crippen LogP contribution >= 0.6 is 0 Å². The number of hydrogen-bond acceptors (Lipinski definition) is 8. The minimum atomic E-state index is -0.577. The van der Waals surface area contributed by atoms with Crippen LogP contribution in [0.5, 0.6) is 0 Å². The van der Waals surface area contributed by atoms with Gasteiger partial charge < -0.3 is 35.3 Å². The van der Waals surface area contributed by atoms with Crippen molar-refractivity contribution in [2.24, 2.45) is 5.92 Å². The fourth-order valence-electron chi connectivity index (χ4n) is 4.18. The van der Waals surface area contributed by atoms with Crippen molar-refractivity contribution in [3.8, 4) is 0 Å². The van der Waals surface area contributed by atoms with Gasteiger partial charge in [-0.3, -0.25) is 14.4 Å². The van der Waals surface area contributed by atoms with Crippen molar-refractivity contribution in [3.05, 3.63) is 48.0 Å². The Morgan fingerprint density at radius 1 is 1.02 bits per heavy atom. The summed E-state index contributed by atoms with van der Waals surface area (Å²) in [5.41, 5.74) is 0.903. The van der Waals surface area contributed by atoms with Crippen LogP contribution in [0.4, 0.5) is 4.79 Å². The molecule has 0 spiro atoms. The minimum Gasteiger partial charge on any atom is -0.463 e. The first kappa shape index (κ1) is 33.8. The second-order valence-corrected chi connectivity index (χ2v) is 9.91. The normalized spacial score (nSPS) is 18.5. The number of aliphatic hydroxyl groups is 1. The molecule has 1 aliphatic heterocycles. The van der Waals surface area contributed by atoms with Crippen LogP contribution in [-0.2, 0) is 35.2 Å². The zero-order chi connectivity index (χ0) is 29.5. The van der Waals surface area contributed by atoms with E-state index in [0.717, 1.165) is 24.8 Å². The number of benzene rings is 1. The number of ether oxygens (including phenoxy) is 3. The van der Waals surface area contributed by atoms with Crippen LogP contribution in [0.15, 0.2) is 42.5 Å². The van der Waals surface area contributed by atoms with E-state index in [1.54, 1.807) is 0 Å². The molecule has 11 nitrogen and oxygen atoms in total. The van der Waals surface area contributed by atoms with Gasteiger partial charge in [0.25, 0.3) is 0 Å². The Morgan fingerprint density at radius 3 is 2.66 bits per heavy atom. The Morgan fingerprint density at radius 2 is 1.85 bits per heavy atom. The van der Waals surface area contributed by atoms with E-state index in [2.05, 4.69) is 16.0 Å². The minimum absolute atomic E-state index is 0.0116. The van der Waals surface area contributed by atoms with Crippen molar-refractivity contribution in [3.63, 3.8) is 0 Å². The first-order valence-corrected chi connectivity index (χ1v) is 14.5. The largest absolute Gasteiger partial charge is 0.463 e. The Balaban J connectivity index is 1.84. The molecule has 0 bridgehead atoms. The van der Waals surface area contributed by atoms with Crippen molar-refractivity contribution in [2.75, 3.05) is 39.5 Å². The van der Waals surface area contributed by atoms with Crippen molar-refractivity contribution in [1.82, 2.24) is 16.0 Å². The first-order chi connectivity index (χ1) is 20.0. The van der Waals surface area contributed by atoms with E-state index in [9.17, 15) is 19.2 Å². The molecule has 2 unspecified atom stereocenters. The predicted octanol–water partition coefficient (Wildman–Crippen LogP) is 2.76. The summed E-state index contributed by atoms with van der Waals surface area (Å²) in [5.74, 6) is -1.42. The van der Waals surface area contributed by atoms with E-state index in [1.165, 1.54) is 0 Å². The van der Waals surface area contributed by atoms with E-state index < -0.39 is 18.1 Å². The number of unbranched alkanes of at least 4 members (excludes halogenated alkanes) is 1. The molecular weight excluding hydrogens is 530 g/mol. The standard InChI is InChI=1S/C30H45N3O8/c34-18-20-39-19-17-31-27(35)21-25-13-7-2-1-3-8-15-28(36)40-23-26(33-29(25)37)14-9-10-16-32-30(38)41-22-24-11-5-4-6-12-24/h2,4-7,11-12,25-26,34H,1,3,8-10,13-23H2,(H,31,35)(H,32,38)(H,33,37). The fourth-order valence-corrected chi connectivity index (χ4v) is 4.18. The molecule has 1 aliphatic rings. The summed E-state index contributed by atoms with van der Waals surface area (Å²) in [6.45, 7) is 1.32. The molecule has 228 valence electrons. The van der Waals surface area contributed by atoms with Crippen molar-refractivity contribution < 1.29 is 38.5 Å². The molecule has 0 aliphatic carbocycles. The van der Waals surface area contributed by atoms with Crippen molar-refractivity contribution >= 4 is 23.9 Å². The lowest BCUT2D eigenvalue weighted by atomic mass is 9.98. The highest BCUT2D eigenvalue weighted by Gasteiger charge is 2.24. The number of cyclic esters (lactones) is 1. The maximum Gasteiger partial charge on any atom is 0.407 e. The molecule has 0 fully saturated rings. The maximum atomic E-state index is 13.2. The number of nitrogens with one attached hydrogen (secondary N) is 3. The Hall–Kier alpha value is -3.44. The van der Waals surface area contributed by atoms with Crippen LogP contribution in [0.25, 0.3) is 0 Å². The van der Waals surface area contributed by atoms with Gasteiger partial charge >= 0.3 is 12.1 Å². The number of rotatable bonds is 14. The summed E-state index contributed by atoms with van der Waals surface area (Å²) in [4.78, 5) is 49.8. The lowest BCUT2D eigenvalue weighted by Gasteiger charge is -2.22. The van der Waals surface area contributed by atoms with Crippen LogP contribution in [0, 0.1) is 5.92 Å². The van der Waals surface area contributed by atoms with Gasteiger partial charge in [-0.25, -0.2) is 4.79 Å². The third-order valence-corrected chi connectivity index (χ3v) is 6.45. The molecule has 2 rings (SSSR count). The van der Waals surface area contributed by atoms with Gasteiger partial charge in [0.2, 0.25) is 11.8 Å². The summed E-state index contributed by atoms with van der Waals surface area (Å²) < 4.78 is 15.8. The third kappa shape index (κ3) is 16.4. The fraction of sp³-hybridized carbons (Fsp3) is 0.600. The van der Waals surface area contributed by atoms with E-state index in [-0.39, 0.29) is 63.8 Å². The van der Waals surface area contributed by atoms with E-state index >= 15 is 0 Å². The summed E-state index contributed by atoms with van der Waals surface area (Å²) in [5, 5.41) is 17.2. The van der Waals surface area contributed by atoms with Crippen molar-refractivity contribution in [1.29, 1.82) is 0 Å². The molecule has 0 radical (unpaired) electrons. The average molecular weight is 576 g/mol. The first-order valence-electron chi connectivity index (χ1n) is 14.5. The smallest absolute Gasteiger partial charge is 0.407 e. The number of allylic oxidation sites excluding steroid dienone is 2. The Bertz CT molecular complexity index is 941. The summed E-state index contributed by atoms with van der Waals surface area (Å²) >= 11 is 0.